The summed E-state index contributed by atoms with van der Waals surface area (Å²) >= 11 is 1.26. The number of thioether (sulfide) groups is 1. The van der Waals surface area contributed by atoms with Gasteiger partial charge in [-0.2, -0.15) is 23.4 Å². The predicted molar refractivity (Wildman–Crippen MR) is 96.7 cm³/mol. The second kappa shape index (κ2) is 8.73. The van der Waals surface area contributed by atoms with Crippen LogP contribution in [-0.4, -0.2) is 35.6 Å². The minimum absolute atomic E-state index is 0.168. The Labute approximate surface area is 158 Å². The van der Waals surface area contributed by atoms with Gasteiger partial charge in [0.05, 0.1) is 12.1 Å². The molecule has 1 heterocycles. The fourth-order valence-corrected chi connectivity index (χ4v) is 2.78. The lowest BCUT2D eigenvalue weighted by Gasteiger charge is -2.11. The Bertz CT molecular complexity index is 880. The summed E-state index contributed by atoms with van der Waals surface area (Å²) in [5.74, 6) is 0.137. The zero-order valence-corrected chi connectivity index (χ0v) is 15.3. The lowest BCUT2D eigenvalue weighted by molar-refractivity contribution is -0.137. The van der Waals surface area contributed by atoms with Crippen molar-refractivity contribution in [1.82, 2.24) is 9.97 Å². The molecular weight excluding hydrogens is 379 g/mol. The maximum Gasteiger partial charge on any atom is 0.416 e. The van der Waals surface area contributed by atoms with E-state index in [-0.39, 0.29) is 41.6 Å². The highest BCUT2D eigenvalue weighted by molar-refractivity contribution is 7.98. The van der Waals surface area contributed by atoms with Crippen molar-refractivity contribution >= 4 is 29.3 Å². The van der Waals surface area contributed by atoms with Crippen LogP contribution in [0, 0.1) is 11.3 Å². The van der Waals surface area contributed by atoms with Crippen LogP contribution in [0.5, 0.6) is 0 Å². The molecule has 0 aliphatic carbocycles. The van der Waals surface area contributed by atoms with E-state index in [4.69, 9.17) is 0 Å². The molecule has 0 unspecified atom stereocenters. The minimum Gasteiger partial charge on any atom is -0.362 e. The summed E-state index contributed by atoms with van der Waals surface area (Å²) in [7, 11) is 1.62. The van der Waals surface area contributed by atoms with Gasteiger partial charge in [0.2, 0.25) is 5.95 Å². The third kappa shape index (κ3) is 5.34. The van der Waals surface area contributed by atoms with E-state index >= 15 is 0 Å². The molecule has 2 aromatic rings. The number of hydrogen-bond donors (Lipinski definition) is 2. The normalized spacial score (nSPS) is 11.0. The topological polar surface area (TPSA) is 90.7 Å². The van der Waals surface area contributed by atoms with Crippen LogP contribution >= 0.6 is 11.8 Å². The van der Waals surface area contributed by atoms with Gasteiger partial charge in [-0.1, -0.05) is 18.2 Å². The number of halogens is 3. The van der Waals surface area contributed by atoms with E-state index in [1.165, 1.54) is 23.9 Å². The zero-order valence-electron chi connectivity index (χ0n) is 14.5. The van der Waals surface area contributed by atoms with Crippen LogP contribution in [-0.2, 0) is 17.4 Å². The van der Waals surface area contributed by atoms with E-state index in [0.717, 1.165) is 12.1 Å². The molecule has 0 amide bonds. The van der Waals surface area contributed by atoms with Crippen LogP contribution in [0.4, 0.5) is 24.9 Å². The number of benzene rings is 1. The van der Waals surface area contributed by atoms with Gasteiger partial charge >= 0.3 is 6.18 Å². The summed E-state index contributed by atoms with van der Waals surface area (Å²) in [5.41, 5.74) is -0.333. The van der Waals surface area contributed by atoms with Gasteiger partial charge in [0, 0.05) is 13.5 Å². The third-order valence-corrected chi connectivity index (χ3v) is 4.20. The third-order valence-electron chi connectivity index (χ3n) is 3.51. The number of rotatable bonds is 7. The number of aromatic nitrogens is 2. The van der Waals surface area contributed by atoms with Crippen molar-refractivity contribution in [3.63, 3.8) is 0 Å². The van der Waals surface area contributed by atoms with Crippen LogP contribution in [0.3, 0.4) is 0 Å². The lowest BCUT2D eigenvalue weighted by Crippen LogP contribution is -2.18. The van der Waals surface area contributed by atoms with Crippen LogP contribution in [0.15, 0.2) is 29.3 Å². The van der Waals surface area contributed by atoms with Crippen LogP contribution in [0.2, 0.25) is 0 Å². The molecule has 0 fully saturated rings. The zero-order chi connectivity index (χ0) is 20.0. The summed E-state index contributed by atoms with van der Waals surface area (Å²) < 4.78 is 38.3. The highest BCUT2D eigenvalue weighted by Gasteiger charge is 2.30. The first kappa shape index (κ1) is 20.5. The van der Waals surface area contributed by atoms with Gasteiger partial charge < -0.3 is 10.6 Å². The number of ketones is 1. The molecule has 142 valence electrons. The molecule has 6 nitrogen and oxygen atoms in total. The second-order valence-corrected chi connectivity index (χ2v) is 6.20. The molecule has 0 bridgehead atoms. The molecular formula is C17H16F3N5OS. The summed E-state index contributed by atoms with van der Waals surface area (Å²) in [6.07, 6.45) is -2.87. The molecule has 27 heavy (non-hydrogen) atoms. The van der Waals surface area contributed by atoms with Crippen molar-refractivity contribution in [2.75, 3.05) is 30.5 Å². The molecule has 0 atom stereocenters. The Kier molecular flexibility index (Phi) is 6.63. The van der Waals surface area contributed by atoms with Crippen molar-refractivity contribution in [3.8, 4) is 6.07 Å². The second-order valence-electron chi connectivity index (χ2n) is 5.41. The molecule has 2 N–H and O–H groups in total. The number of carbonyl (C=O) groups excluding carboxylic acids is 1. The Morgan fingerprint density at radius 3 is 2.67 bits per heavy atom. The first-order chi connectivity index (χ1) is 12.8. The first-order valence-electron chi connectivity index (χ1n) is 7.74. The van der Waals surface area contributed by atoms with E-state index in [1.54, 1.807) is 13.3 Å². The summed E-state index contributed by atoms with van der Waals surface area (Å²) in [4.78, 5) is 20.4. The van der Waals surface area contributed by atoms with E-state index < -0.39 is 11.7 Å². The molecule has 0 aliphatic rings. The minimum atomic E-state index is -4.46. The Balaban J connectivity index is 2.11. The molecule has 1 aromatic heterocycles. The van der Waals surface area contributed by atoms with Crippen LogP contribution in [0.1, 0.15) is 16.7 Å². The molecule has 0 spiro atoms. The van der Waals surface area contributed by atoms with Crippen molar-refractivity contribution in [2.45, 2.75) is 17.6 Å². The van der Waals surface area contributed by atoms with Crippen molar-refractivity contribution < 1.29 is 18.0 Å². The number of anilines is 2. The fraction of sp³-hybridized carbons (Fsp3) is 0.294. The monoisotopic (exact) mass is 395 g/mol. The van der Waals surface area contributed by atoms with E-state index in [1.807, 2.05) is 6.07 Å². The van der Waals surface area contributed by atoms with Gasteiger partial charge in [-0.15, -0.1) is 11.8 Å². The molecule has 0 radical (unpaired) electrons. The number of alkyl halides is 3. The van der Waals surface area contributed by atoms with Crippen LogP contribution < -0.4 is 10.6 Å². The van der Waals surface area contributed by atoms with E-state index in [9.17, 15) is 23.2 Å². The van der Waals surface area contributed by atoms with Gasteiger partial charge in [0.1, 0.15) is 16.7 Å². The average molecular weight is 395 g/mol. The number of nitriles is 1. The maximum absolute atomic E-state index is 12.8. The molecule has 0 saturated heterocycles. The molecule has 1 aromatic carbocycles. The molecule has 10 heteroatoms. The number of nitrogens with one attached hydrogen (secondary N) is 2. The smallest absolute Gasteiger partial charge is 0.362 e. The number of Topliss-reactive ketones (excluding diaryl/α,β-unsaturated/α-hetero) is 1. The largest absolute Gasteiger partial charge is 0.416 e. The fourth-order valence-electron chi connectivity index (χ4n) is 2.26. The van der Waals surface area contributed by atoms with Gasteiger partial charge in [0.25, 0.3) is 0 Å². The Hall–Kier alpha value is -2.80. The van der Waals surface area contributed by atoms with Crippen molar-refractivity contribution in [2.24, 2.45) is 0 Å². The van der Waals surface area contributed by atoms with Gasteiger partial charge in [-0.25, -0.2) is 4.98 Å². The van der Waals surface area contributed by atoms with Gasteiger partial charge in [-0.3, -0.25) is 4.79 Å². The van der Waals surface area contributed by atoms with Gasteiger partial charge in [-0.05, 0) is 17.9 Å². The quantitative estimate of drug-likeness (QED) is 0.549. The summed E-state index contributed by atoms with van der Waals surface area (Å²) in [5, 5.41) is 15.3. The number of carbonyl (C=O) groups is 1. The van der Waals surface area contributed by atoms with E-state index in [0.29, 0.717) is 5.03 Å². The van der Waals surface area contributed by atoms with Crippen molar-refractivity contribution in [3.05, 3.63) is 41.0 Å². The standard InChI is InChI=1S/C17H16F3N5OS/c1-22-16-24-14(13(8-21)15(25-16)27-2)23-9-12(26)7-10-4-3-5-11(6-10)17(18,19)20/h3-6H,7,9H2,1-2H3,(H2,22,23,24,25). The Morgan fingerprint density at radius 1 is 1.33 bits per heavy atom. The molecule has 2 rings (SSSR count). The highest BCUT2D eigenvalue weighted by atomic mass is 32.2. The SMILES string of the molecule is CNc1nc(NCC(=O)Cc2cccc(C(F)(F)F)c2)c(C#N)c(SC)n1. The highest BCUT2D eigenvalue weighted by Crippen LogP contribution is 2.29. The van der Waals surface area contributed by atoms with Crippen molar-refractivity contribution in [1.29, 1.82) is 5.26 Å². The molecule has 0 aliphatic heterocycles. The van der Waals surface area contributed by atoms with Gasteiger partial charge in [0.15, 0.2) is 11.6 Å². The van der Waals surface area contributed by atoms with E-state index in [2.05, 4.69) is 20.6 Å². The van der Waals surface area contributed by atoms with Crippen LogP contribution in [0.25, 0.3) is 0 Å². The Morgan fingerprint density at radius 2 is 2.07 bits per heavy atom. The first-order valence-corrected chi connectivity index (χ1v) is 8.96. The average Bonchev–Trinajstić information content (AvgIpc) is 2.64. The maximum atomic E-state index is 12.8. The summed E-state index contributed by atoms with van der Waals surface area (Å²) in [6.45, 7) is -0.182. The molecule has 0 saturated carbocycles. The number of nitrogens with zero attached hydrogens (tertiary/aromatic N) is 3. The predicted octanol–water partition coefficient (Wildman–Crippen LogP) is 3.35. The summed E-state index contributed by atoms with van der Waals surface area (Å²) in [6, 6.07) is 6.62. The number of hydrogen-bond acceptors (Lipinski definition) is 7. The lowest BCUT2D eigenvalue weighted by atomic mass is 10.1.